The zero-order valence-electron chi connectivity index (χ0n) is 14.8. The molecule has 0 saturated carbocycles. The average Bonchev–Trinajstić information content (AvgIpc) is 3.45. The van der Waals surface area contributed by atoms with E-state index in [1.165, 1.54) is 15.6 Å². The number of nitrogens with zero attached hydrogens (tertiary/aromatic N) is 3. The number of rotatable bonds is 6. The van der Waals surface area contributed by atoms with Crippen LogP contribution in [0.25, 0.3) is 0 Å². The molecule has 0 aromatic carbocycles. The first-order valence-electron chi connectivity index (χ1n) is 8.71. The lowest BCUT2D eigenvalue weighted by Crippen LogP contribution is -2.41. The number of nitrogens with one attached hydrogen (secondary N) is 1. The molecule has 0 unspecified atom stereocenters. The smallest absolute Gasteiger partial charge is 0.322 e. The van der Waals surface area contributed by atoms with Gasteiger partial charge in [0.2, 0.25) is 11.8 Å². The zero-order valence-corrected chi connectivity index (χ0v) is 17.2. The molecule has 0 radical (unpaired) electrons. The van der Waals surface area contributed by atoms with Gasteiger partial charge < -0.3 is 4.42 Å². The van der Waals surface area contributed by atoms with Crippen molar-refractivity contribution in [2.24, 2.45) is 5.92 Å². The molecule has 148 valence electrons. The van der Waals surface area contributed by atoms with Crippen molar-refractivity contribution in [2.45, 2.75) is 23.5 Å². The maximum atomic E-state index is 12.6. The summed E-state index contributed by atoms with van der Waals surface area (Å²) >= 11 is 2.80. The molecule has 1 aliphatic rings. The van der Waals surface area contributed by atoms with Crippen LogP contribution in [0.1, 0.15) is 23.6 Å². The standard InChI is InChI=1S/C17H18N4O4S3/c22-16(18-17-20-19-14(25-17)11-13-3-1-9-26-13)12-5-7-21(8-6-12)28(23,24)15-4-2-10-27-15/h1-4,9-10,12H,5-8,11H2,(H,18,20,22). The Morgan fingerprint density at radius 1 is 1.18 bits per heavy atom. The second-order valence-corrected chi connectivity index (χ2v) is 10.5. The van der Waals surface area contributed by atoms with Crippen molar-refractivity contribution >= 4 is 44.6 Å². The first kappa shape index (κ1) is 19.2. The summed E-state index contributed by atoms with van der Waals surface area (Å²) in [6.07, 6.45) is 1.43. The molecule has 1 saturated heterocycles. The maximum absolute atomic E-state index is 12.6. The van der Waals surface area contributed by atoms with E-state index in [1.54, 1.807) is 28.8 Å². The predicted octanol–water partition coefficient (Wildman–Crippen LogP) is 2.82. The average molecular weight is 439 g/mol. The van der Waals surface area contributed by atoms with Crippen LogP contribution in [0.3, 0.4) is 0 Å². The maximum Gasteiger partial charge on any atom is 0.322 e. The summed E-state index contributed by atoms with van der Waals surface area (Å²) in [6, 6.07) is 7.32. The van der Waals surface area contributed by atoms with Crippen LogP contribution in [0.5, 0.6) is 0 Å². The van der Waals surface area contributed by atoms with E-state index in [1.807, 2.05) is 17.5 Å². The number of anilines is 1. The molecule has 3 aromatic heterocycles. The predicted molar refractivity (Wildman–Crippen MR) is 106 cm³/mol. The van der Waals surface area contributed by atoms with Crippen LogP contribution in [0.4, 0.5) is 6.01 Å². The number of amides is 1. The summed E-state index contributed by atoms with van der Waals surface area (Å²) in [5.41, 5.74) is 0. The summed E-state index contributed by atoms with van der Waals surface area (Å²) in [5.74, 6) is -0.0727. The number of thiophene rings is 2. The van der Waals surface area contributed by atoms with Crippen LogP contribution < -0.4 is 5.32 Å². The van der Waals surface area contributed by atoms with Crippen molar-refractivity contribution < 1.29 is 17.6 Å². The molecular weight excluding hydrogens is 420 g/mol. The van der Waals surface area contributed by atoms with Crippen molar-refractivity contribution in [3.63, 3.8) is 0 Å². The fourth-order valence-corrected chi connectivity index (χ4v) is 6.35. The highest BCUT2D eigenvalue weighted by Crippen LogP contribution is 2.27. The summed E-state index contributed by atoms with van der Waals surface area (Å²) in [6.45, 7) is 0.623. The van der Waals surface area contributed by atoms with Crippen molar-refractivity contribution in [3.8, 4) is 0 Å². The van der Waals surface area contributed by atoms with Gasteiger partial charge >= 0.3 is 6.01 Å². The second kappa shape index (κ2) is 8.11. The molecule has 8 nitrogen and oxygen atoms in total. The summed E-state index contributed by atoms with van der Waals surface area (Å²) < 4.78 is 32.4. The molecule has 0 bridgehead atoms. The number of aromatic nitrogens is 2. The molecule has 3 aromatic rings. The fraction of sp³-hybridized carbons (Fsp3) is 0.353. The normalized spacial score (nSPS) is 16.3. The molecule has 28 heavy (non-hydrogen) atoms. The SMILES string of the molecule is O=C(Nc1nnc(Cc2cccs2)o1)C1CCN(S(=O)(=O)c2cccs2)CC1. The van der Waals surface area contributed by atoms with Crippen LogP contribution in [0.2, 0.25) is 0 Å². The van der Waals surface area contributed by atoms with Gasteiger partial charge in [-0.25, -0.2) is 8.42 Å². The monoisotopic (exact) mass is 438 g/mol. The van der Waals surface area contributed by atoms with Crippen molar-refractivity contribution in [2.75, 3.05) is 18.4 Å². The Morgan fingerprint density at radius 2 is 1.93 bits per heavy atom. The van der Waals surface area contributed by atoms with Gasteiger partial charge in [0.05, 0.1) is 6.42 Å². The van der Waals surface area contributed by atoms with Crippen LogP contribution >= 0.6 is 22.7 Å². The third-order valence-corrected chi connectivity index (χ3v) is 8.66. The molecular formula is C17H18N4O4S3. The largest absolute Gasteiger partial charge is 0.407 e. The highest BCUT2D eigenvalue weighted by Gasteiger charge is 2.33. The number of sulfonamides is 1. The van der Waals surface area contributed by atoms with E-state index in [2.05, 4.69) is 15.5 Å². The van der Waals surface area contributed by atoms with Gasteiger partial charge in [-0.15, -0.1) is 27.8 Å². The molecule has 1 aliphatic heterocycles. The van der Waals surface area contributed by atoms with Gasteiger partial charge in [0.15, 0.2) is 0 Å². The minimum absolute atomic E-state index is 0.0743. The molecule has 1 amide bonds. The summed E-state index contributed by atoms with van der Waals surface area (Å²) in [5, 5.41) is 14.2. The Bertz CT molecular complexity index is 1020. The lowest BCUT2D eigenvalue weighted by Gasteiger charge is -2.29. The van der Waals surface area contributed by atoms with Gasteiger partial charge in [-0.05, 0) is 35.7 Å². The van der Waals surface area contributed by atoms with E-state index < -0.39 is 10.0 Å². The zero-order chi connectivity index (χ0) is 19.6. The molecule has 0 atom stereocenters. The van der Waals surface area contributed by atoms with Gasteiger partial charge in [0.25, 0.3) is 10.0 Å². The summed E-state index contributed by atoms with van der Waals surface area (Å²) in [4.78, 5) is 13.6. The molecule has 0 spiro atoms. The second-order valence-electron chi connectivity index (χ2n) is 6.36. The summed E-state index contributed by atoms with van der Waals surface area (Å²) in [7, 11) is -3.47. The Kier molecular flexibility index (Phi) is 5.58. The van der Waals surface area contributed by atoms with E-state index in [0.717, 1.165) is 4.88 Å². The van der Waals surface area contributed by atoms with E-state index in [0.29, 0.717) is 42.5 Å². The number of hydrogen-bond acceptors (Lipinski definition) is 8. The first-order valence-corrected chi connectivity index (χ1v) is 11.9. The van der Waals surface area contributed by atoms with Crippen molar-refractivity contribution in [1.29, 1.82) is 0 Å². The molecule has 4 heterocycles. The molecule has 1 N–H and O–H groups in total. The molecule has 1 fully saturated rings. The minimum Gasteiger partial charge on any atom is -0.407 e. The number of hydrogen-bond donors (Lipinski definition) is 1. The lowest BCUT2D eigenvalue weighted by molar-refractivity contribution is -0.121. The van der Waals surface area contributed by atoms with Gasteiger partial charge in [-0.2, -0.15) is 4.31 Å². The number of piperidine rings is 1. The van der Waals surface area contributed by atoms with Crippen molar-refractivity contribution in [3.05, 3.63) is 45.8 Å². The molecule has 4 rings (SSSR count). The van der Waals surface area contributed by atoms with Gasteiger partial charge in [0, 0.05) is 23.9 Å². The van der Waals surface area contributed by atoms with E-state index >= 15 is 0 Å². The Balaban J connectivity index is 1.31. The van der Waals surface area contributed by atoms with E-state index in [4.69, 9.17) is 4.42 Å². The highest BCUT2D eigenvalue weighted by atomic mass is 32.2. The lowest BCUT2D eigenvalue weighted by atomic mass is 9.97. The fourth-order valence-electron chi connectivity index (χ4n) is 3.04. The third-order valence-electron chi connectivity index (χ3n) is 4.52. The quantitative estimate of drug-likeness (QED) is 0.634. The first-order chi connectivity index (χ1) is 13.5. The Hall–Kier alpha value is -2.08. The van der Waals surface area contributed by atoms with Crippen LogP contribution in [-0.2, 0) is 21.2 Å². The topological polar surface area (TPSA) is 105 Å². The van der Waals surface area contributed by atoms with Crippen LogP contribution in [0, 0.1) is 5.92 Å². The van der Waals surface area contributed by atoms with Gasteiger partial charge in [0.1, 0.15) is 4.21 Å². The third kappa shape index (κ3) is 4.17. The van der Waals surface area contributed by atoms with Crippen LogP contribution in [0.15, 0.2) is 43.7 Å². The number of carbonyl (C=O) groups excluding carboxylic acids is 1. The van der Waals surface area contributed by atoms with Crippen molar-refractivity contribution in [1.82, 2.24) is 14.5 Å². The van der Waals surface area contributed by atoms with E-state index in [-0.39, 0.29) is 17.8 Å². The van der Waals surface area contributed by atoms with Gasteiger partial charge in [-0.3, -0.25) is 10.1 Å². The molecule has 0 aliphatic carbocycles. The Labute approximate surface area is 170 Å². The number of carbonyl (C=O) groups is 1. The minimum atomic E-state index is -3.47. The highest BCUT2D eigenvalue weighted by molar-refractivity contribution is 7.91. The van der Waals surface area contributed by atoms with E-state index in [9.17, 15) is 13.2 Å². The van der Waals surface area contributed by atoms with Crippen LogP contribution in [-0.4, -0.2) is 41.9 Å². The Morgan fingerprint density at radius 3 is 2.61 bits per heavy atom. The molecule has 11 heteroatoms. The van der Waals surface area contributed by atoms with Gasteiger partial charge in [-0.1, -0.05) is 17.2 Å².